The quantitative estimate of drug-likeness (QED) is 0.693. The van der Waals surface area contributed by atoms with E-state index in [4.69, 9.17) is 14.2 Å². The molecule has 16 heavy (non-hydrogen) atoms. The van der Waals surface area contributed by atoms with E-state index in [2.05, 4.69) is 6.92 Å². The van der Waals surface area contributed by atoms with Crippen LogP contribution in [0.2, 0.25) is 0 Å². The molecule has 0 N–H and O–H groups in total. The Morgan fingerprint density at radius 3 is 2.75 bits per heavy atom. The van der Waals surface area contributed by atoms with E-state index in [-0.39, 0.29) is 18.2 Å². The number of hydrogen-bond acceptors (Lipinski definition) is 4. The van der Waals surface area contributed by atoms with Gasteiger partial charge in [0.1, 0.15) is 0 Å². The molecule has 3 unspecified atom stereocenters. The lowest BCUT2D eigenvalue weighted by atomic mass is 10.1. The minimum Gasteiger partial charge on any atom is -0.466 e. The number of carbonyl (C=O) groups excluding carboxylic acids is 1. The standard InChI is InChI=1S/C12H20O4/c1-3-14-11(13)8-10-5-7-12(16-10)6-4-9(2)15-12/h9-10H,3-8H2,1-2H3. The second-order valence-corrected chi connectivity index (χ2v) is 4.67. The lowest BCUT2D eigenvalue weighted by Gasteiger charge is -2.24. The normalized spacial score (nSPS) is 38.1. The highest BCUT2D eigenvalue weighted by Crippen LogP contribution is 2.42. The second kappa shape index (κ2) is 4.72. The van der Waals surface area contributed by atoms with Gasteiger partial charge in [-0.1, -0.05) is 0 Å². The van der Waals surface area contributed by atoms with Gasteiger partial charge in [0.2, 0.25) is 0 Å². The van der Waals surface area contributed by atoms with Crippen molar-refractivity contribution in [2.75, 3.05) is 6.61 Å². The molecule has 0 amide bonds. The van der Waals surface area contributed by atoms with Gasteiger partial charge >= 0.3 is 5.97 Å². The Labute approximate surface area is 96.2 Å². The summed E-state index contributed by atoms with van der Waals surface area (Å²) >= 11 is 0. The first-order valence-corrected chi connectivity index (χ1v) is 6.15. The van der Waals surface area contributed by atoms with Gasteiger partial charge in [-0.3, -0.25) is 4.79 Å². The van der Waals surface area contributed by atoms with Crippen molar-refractivity contribution in [2.45, 2.75) is 63.9 Å². The van der Waals surface area contributed by atoms with Crippen LogP contribution < -0.4 is 0 Å². The molecule has 0 bridgehead atoms. The summed E-state index contributed by atoms with van der Waals surface area (Å²) in [5.74, 6) is -0.563. The first-order chi connectivity index (χ1) is 7.63. The van der Waals surface area contributed by atoms with Gasteiger partial charge in [0, 0.05) is 12.8 Å². The van der Waals surface area contributed by atoms with Crippen LogP contribution in [0.3, 0.4) is 0 Å². The van der Waals surface area contributed by atoms with Crippen molar-refractivity contribution in [1.29, 1.82) is 0 Å². The molecule has 4 heteroatoms. The molecule has 2 heterocycles. The molecular formula is C12H20O4. The average Bonchev–Trinajstić information content (AvgIpc) is 2.75. The van der Waals surface area contributed by atoms with Crippen molar-refractivity contribution in [3.8, 4) is 0 Å². The van der Waals surface area contributed by atoms with Gasteiger partial charge in [0.15, 0.2) is 5.79 Å². The topological polar surface area (TPSA) is 44.8 Å². The van der Waals surface area contributed by atoms with Gasteiger partial charge in [-0.15, -0.1) is 0 Å². The van der Waals surface area contributed by atoms with Gasteiger partial charge in [-0.2, -0.15) is 0 Å². The first-order valence-electron chi connectivity index (χ1n) is 6.15. The SMILES string of the molecule is CCOC(=O)CC1CCC2(CCC(C)O2)O1. The van der Waals surface area contributed by atoms with Crippen LogP contribution >= 0.6 is 0 Å². The van der Waals surface area contributed by atoms with Crippen LogP contribution in [0.4, 0.5) is 0 Å². The monoisotopic (exact) mass is 228 g/mol. The highest BCUT2D eigenvalue weighted by Gasteiger charge is 2.46. The Kier molecular flexibility index (Phi) is 3.50. The van der Waals surface area contributed by atoms with E-state index in [9.17, 15) is 4.79 Å². The molecule has 0 saturated carbocycles. The highest BCUT2D eigenvalue weighted by atomic mass is 16.7. The van der Waals surface area contributed by atoms with E-state index in [1.807, 2.05) is 6.92 Å². The van der Waals surface area contributed by atoms with Crippen LogP contribution in [0.1, 0.15) is 46.0 Å². The zero-order valence-electron chi connectivity index (χ0n) is 10.0. The zero-order chi connectivity index (χ0) is 11.6. The van der Waals surface area contributed by atoms with Gasteiger partial charge in [0.25, 0.3) is 0 Å². The van der Waals surface area contributed by atoms with Gasteiger partial charge in [0.05, 0.1) is 25.2 Å². The summed E-state index contributed by atoms with van der Waals surface area (Å²) in [5.41, 5.74) is 0. The van der Waals surface area contributed by atoms with E-state index < -0.39 is 5.79 Å². The minimum absolute atomic E-state index is 0.0238. The summed E-state index contributed by atoms with van der Waals surface area (Å²) in [5, 5.41) is 0. The smallest absolute Gasteiger partial charge is 0.308 e. The molecule has 0 aromatic rings. The molecule has 1 spiro atoms. The van der Waals surface area contributed by atoms with E-state index in [1.165, 1.54) is 0 Å². The molecule has 2 aliphatic rings. The largest absolute Gasteiger partial charge is 0.466 e. The fourth-order valence-electron chi connectivity index (χ4n) is 2.53. The zero-order valence-corrected chi connectivity index (χ0v) is 10.0. The summed E-state index contributed by atoms with van der Waals surface area (Å²) in [6, 6.07) is 0. The molecule has 2 aliphatic heterocycles. The third kappa shape index (κ3) is 2.55. The number of rotatable bonds is 3. The van der Waals surface area contributed by atoms with Crippen LogP contribution in [0, 0.1) is 0 Å². The van der Waals surface area contributed by atoms with Crippen molar-refractivity contribution < 1.29 is 19.0 Å². The van der Waals surface area contributed by atoms with Crippen LogP contribution in [-0.4, -0.2) is 30.6 Å². The van der Waals surface area contributed by atoms with Crippen molar-refractivity contribution in [1.82, 2.24) is 0 Å². The van der Waals surface area contributed by atoms with Crippen LogP contribution in [0.5, 0.6) is 0 Å². The predicted molar refractivity (Wildman–Crippen MR) is 57.9 cm³/mol. The molecule has 92 valence electrons. The molecular weight excluding hydrogens is 208 g/mol. The Hall–Kier alpha value is -0.610. The Bertz CT molecular complexity index is 266. The maximum absolute atomic E-state index is 11.3. The fourth-order valence-corrected chi connectivity index (χ4v) is 2.53. The van der Waals surface area contributed by atoms with Crippen molar-refractivity contribution in [3.63, 3.8) is 0 Å². The van der Waals surface area contributed by atoms with Crippen molar-refractivity contribution in [2.24, 2.45) is 0 Å². The molecule has 0 aromatic carbocycles. The van der Waals surface area contributed by atoms with Gasteiger partial charge in [-0.25, -0.2) is 0 Å². The first kappa shape index (κ1) is 11.9. The Morgan fingerprint density at radius 2 is 2.12 bits per heavy atom. The summed E-state index contributed by atoms with van der Waals surface area (Å²) in [4.78, 5) is 11.3. The number of esters is 1. The molecule has 2 fully saturated rings. The lowest BCUT2D eigenvalue weighted by Crippen LogP contribution is -2.29. The van der Waals surface area contributed by atoms with Gasteiger partial charge < -0.3 is 14.2 Å². The maximum atomic E-state index is 11.3. The molecule has 0 aromatic heterocycles. The second-order valence-electron chi connectivity index (χ2n) is 4.67. The lowest BCUT2D eigenvalue weighted by molar-refractivity contribution is -0.215. The summed E-state index contributed by atoms with van der Waals surface area (Å²) in [6.07, 6.45) is 4.41. The number of carbonyl (C=O) groups is 1. The van der Waals surface area contributed by atoms with E-state index in [1.54, 1.807) is 0 Å². The molecule has 0 radical (unpaired) electrons. The highest BCUT2D eigenvalue weighted by molar-refractivity contribution is 5.69. The van der Waals surface area contributed by atoms with E-state index >= 15 is 0 Å². The third-order valence-corrected chi connectivity index (χ3v) is 3.28. The average molecular weight is 228 g/mol. The summed E-state index contributed by atoms with van der Waals surface area (Å²) in [7, 11) is 0. The maximum Gasteiger partial charge on any atom is 0.308 e. The molecule has 3 atom stereocenters. The van der Waals surface area contributed by atoms with Crippen molar-refractivity contribution in [3.05, 3.63) is 0 Å². The van der Waals surface area contributed by atoms with E-state index in [0.29, 0.717) is 13.0 Å². The summed E-state index contributed by atoms with van der Waals surface area (Å²) < 4.78 is 16.6. The van der Waals surface area contributed by atoms with Crippen LogP contribution in [0.25, 0.3) is 0 Å². The number of ether oxygens (including phenoxy) is 3. The minimum atomic E-state index is -0.392. The van der Waals surface area contributed by atoms with E-state index in [0.717, 1.165) is 25.7 Å². The Morgan fingerprint density at radius 1 is 1.38 bits per heavy atom. The molecule has 2 saturated heterocycles. The van der Waals surface area contributed by atoms with Crippen LogP contribution in [0.15, 0.2) is 0 Å². The predicted octanol–water partition coefficient (Wildman–Crippen LogP) is 2.01. The fraction of sp³-hybridized carbons (Fsp3) is 0.917. The Balaban J connectivity index is 1.81. The molecule has 2 rings (SSSR count). The molecule has 4 nitrogen and oxygen atoms in total. The molecule has 0 aliphatic carbocycles. The van der Waals surface area contributed by atoms with Crippen molar-refractivity contribution >= 4 is 5.97 Å². The summed E-state index contributed by atoms with van der Waals surface area (Å²) in [6.45, 7) is 4.32. The number of hydrogen-bond donors (Lipinski definition) is 0. The van der Waals surface area contributed by atoms with Gasteiger partial charge in [-0.05, 0) is 26.7 Å². The van der Waals surface area contributed by atoms with Crippen LogP contribution in [-0.2, 0) is 19.0 Å². The third-order valence-electron chi connectivity index (χ3n) is 3.28.